The van der Waals surface area contributed by atoms with E-state index in [2.05, 4.69) is 11.9 Å². The number of carboxylic acid groups (broad SMARTS) is 1. The predicted octanol–water partition coefficient (Wildman–Crippen LogP) is 1.05. The van der Waals surface area contributed by atoms with E-state index >= 15 is 0 Å². The average molecular weight is 274 g/mol. The Morgan fingerprint density at radius 1 is 1.40 bits per heavy atom. The summed E-state index contributed by atoms with van der Waals surface area (Å²) in [5.74, 6) is -0.962. The Balaban J connectivity index is 2.02. The molecule has 0 aromatic heterocycles. The molecule has 0 aliphatic carbocycles. The molecule has 1 aliphatic heterocycles. The molecule has 0 atom stereocenters. The minimum atomic E-state index is -0.923. The van der Waals surface area contributed by atoms with Crippen LogP contribution in [0.15, 0.2) is 30.9 Å². The van der Waals surface area contributed by atoms with Crippen molar-refractivity contribution in [2.45, 2.75) is 13.0 Å². The fourth-order valence-corrected chi connectivity index (χ4v) is 2.33. The number of benzene rings is 1. The number of nitrogens with zero attached hydrogens (tertiary/aromatic N) is 1. The molecule has 0 saturated carbocycles. The van der Waals surface area contributed by atoms with Crippen molar-refractivity contribution in [1.82, 2.24) is 10.2 Å². The maximum absolute atomic E-state index is 11.7. The van der Waals surface area contributed by atoms with E-state index < -0.39 is 5.97 Å². The third-order valence-corrected chi connectivity index (χ3v) is 3.36. The van der Waals surface area contributed by atoms with E-state index in [1.807, 2.05) is 11.0 Å². The number of carboxylic acids is 1. The third-order valence-electron chi connectivity index (χ3n) is 3.36. The van der Waals surface area contributed by atoms with Gasteiger partial charge in [-0.2, -0.15) is 0 Å². The zero-order valence-corrected chi connectivity index (χ0v) is 11.3. The van der Waals surface area contributed by atoms with E-state index in [9.17, 15) is 9.59 Å². The Labute approximate surface area is 117 Å². The van der Waals surface area contributed by atoms with Gasteiger partial charge >= 0.3 is 5.97 Å². The van der Waals surface area contributed by atoms with Gasteiger partial charge in [0.05, 0.1) is 12.1 Å². The summed E-state index contributed by atoms with van der Waals surface area (Å²) in [6.45, 7) is 5.76. The first-order valence-electron chi connectivity index (χ1n) is 6.55. The van der Waals surface area contributed by atoms with Crippen molar-refractivity contribution in [3.8, 4) is 0 Å². The lowest BCUT2D eigenvalue weighted by Gasteiger charge is -2.28. The van der Waals surface area contributed by atoms with E-state index in [1.54, 1.807) is 18.2 Å². The molecule has 0 spiro atoms. The molecule has 0 saturated heterocycles. The number of amides is 1. The van der Waals surface area contributed by atoms with Crippen LogP contribution in [0.4, 0.5) is 0 Å². The number of fused-ring (bicyclic) bond motifs is 1. The van der Waals surface area contributed by atoms with Crippen LogP contribution in [0.1, 0.15) is 21.5 Å². The highest BCUT2D eigenvalue weighted by Gasteiger charge is 2.19. The van der Waals surface area contributed by atoms with Gasteiger partial charge < -0.3 is 10.4 Å². The number of rotatable bonds is 5. The van der Waals surface area contributed by atoms with E-state index in [4.69, 9.17) is 5.11 Å². The molecule has 20 heavy (non-hydrogen) atoms. The predicted molar refractivity (Wildman–Crippen MR) is 75.6 cm³/mol. The first-order valence-corrected chi connectivity index (χ1v) is 6.55. The molecule has 5 nitrogen and oxygen atoms in total. The van der Waals surface area contributed by atoms with Crippen LogP contribution in [0.5, 0.6) is 0 Å². The van der Waals surface area contributed by atoms with E-state index in [0.717, 1.165) is 24.1 Å². The van der Waals surface area contributed by atoms with Crippen LogP contribution in [0.3, 0.4) is 0 Å². The molecule has 1 aromatic carbocycles. The molecule has 1 aromatic rings. The minimum Gasteiger partial charge on any atom is -0.478 e. The lowest BCUT2D eigenvalue weighted by atomic mass is 9.97. The standard InChI is InChI=1S/C15H18N2O3/c1-2-6-16-14(18)10-17-7-5-11-3-4-12(15(19)20)8-13(11)9-17/h2-4,8H,1,5-7,9-10H2,(H,16,18)(H,19,20). The highest BCUT2D eigenvalue weighted by molar-refractivity contribution is 5.88. The van der Waals surface area contributed by atoms with E-state index in [0.29, 0.717) is 25.2 Å². The first-order chi connectivity index (χ1) is 9.60. The van der Waals surface area contributed by atoms with Crippen molar-refractivity contribution in [2.24, 2.45) is 0 Å². The summed E-state index contributed by atoms with van der Waals surface area (Å²) >= 11 is 0. The second-order valence-corrected chi connectivity index (χ2v) is 4.84. The third kappa shape index (κ3) is 3.45. The fourth-order valence-electron chi connectivity index (χ4n) is 2.33. The van der Waals surface area contributed by atoms with Crippen molar-refractivity contribution in [2.75, 3.05) is 19.6 Å². The Morgan fingerprint density at radius 3 is 2.90 bits per heavy atom. The van der Waals surface area contributed by atoms with Crippen molar-refractivity contribution in [1.29, 1.82) is 0 Å². The van der Waals surface area contributed by atoms with Gasteiger partial charge in [0.2, 0.25) is 5.91 Å². The summed E-state index contributed by atoms with van der Waals surface area (Å²) in [6, 6.07) is 5.20. The van der Waals surface area contributed by atoms with Gasteiger partial charge in [0, 0.05) is 19.6 Å². The van der Waals surface area contributed by atoms with Crippen molar-refractivity contribution >= 4 is 11.9 Å². The smallest absolute Gasteiger partial charge is 0.335 e. The largest absolute Gasteiger partial charge is 0.478 e. The highest BCUT2D eigenvalue weighted by atomic mass is 16.4. The van der Waals surface area contributed by atoms with Gasteiger partial charge in [-0.15, -0.1) is 6.58 Å². The van der Waals surface area contributed by atoms with Gasteiger partial charge in [0.15, 0.2) is 0 Å². The summed E-state index contributed by atoms with van der Waals surface area (Å²) < 4.78 is 0. The molecule has 2 N–H and O–H groups in total. The van der Waals surface area contributed by atoms with Crippen LogP contribution in [0, 0.1) is 0 Å². The van der Waals surface area contributed by atoms with Gasteiger partial charge in [0.25, 0.3) is 0 Å². The number of carbonyl (C=O) groups excluding carboxylic acids is 1. The van der Waals surface area contributed by atoms with Crippen molar-refractivity contribution in [3.63, 3.8) is 0 Å². The topological polar surface area (TPSA) is 69.6 Å². The normalized spacial score (nSPS) is 14.4. The highest BCUT2D eigenvalue weighted by Crippen LogP contribution is 2.20. The van der Waals surface area contributed by atoms with Crippen LogP contribution in [0.25, 0.3) is 0 Å². The summed E-state index contributed by atoms with van der Waals surface area (Å²) in [5, 5.41) is 11.7. The maximum Gasteiger partial charge on any atom is 0.335 e. The SMILES string of the molecule is C=CCNC(=O)CN1CCc2ccc(C(=O)O)cc2C1. The molecule has 106 valence electrons. The Kier molecular flexibility index (Phi) is 4.53. The second-order valence-electron chi connectivity index (χ2n) is 4.84. The minimum absolute atomic E-state index is 0.0391. The van der Waals surface area contributed by atoms with Gasteiger partial charge in [-0.1, -0.05) is 12.1 Å². The lowest BCUT2D eigenvalue weighted by molar-refractivity contribution is -0.122. The quantitative estimate of drug-likeness (QED) is 0.787. The number of hydrogen-bond donors (Lipinski definition) is 2. The molecule has 5 heteroatoms. The Morgan fingerprint density at radius 2 is 2.20 bits per heavy atom. The number of aromatic carboxylic acids is 1. The Bertz CT molecular complexity index is 540. The summed E-state index contributed by atoms with van der Waals surface area (Å²) in [5.41, 5.74) is 2.45. The van der Waals surface area contributed by atoms with Gasteiger partial charge in [-0.3, -0.25) is 9.69 Å². The molecular weight excluding hydrogens is 256 g/mol. The number of hydrogen-bond acceptors (Lipinski definition) is 3. The Hall–Kier alpha value is -2.14. The number of carbonyl (C=O) groups is 2. The molecule has 1 amide bonds. The molecule has 2 rings (SSSR count). The van der Waals surface area contributed by atoms with Crippen LogP contribution >= 0.6 is 0 Å². The number of nitrogens with one attached hydrogen (secondary N) is 1. The summed E-state index contributed by atoms with van der Waals surface area (Å²) in [4.78, 5) is 24.7. The van der Waals surface area contributed by atoms with Crippen molar-refractivity contribution in [3.05, 3.63) is 47.5 Å². The molecule has 1 aliphatic rings. The molecule has 0 bridgehead atoms. The first kappa shape index (κ1) is 14.3. The average Bonchev–Trinajstić information content (AvgIpc) is 2.44. The van der Waals surface area contributed by atoms with Crippen LogP contribution < -0.4 is 5.32 Å². The zero-order valence-electron chi connectivity index (χ0n) is 11.3. The van der Waals surface area contributed by atoms with Crippen LogP contribution in [-0.4, -0.2) is 41.5 Å². The molecule has 0 unspecified atom stereocenters. The molecule has 0 radical (unpaired) electrons. The van der Waals surface area contributed by atoms with Gasteiger partial charge in [0.1, 0.15) is 0 Å². The second kappa shape index (κ2) is 6.34. The fraction of sp³-hybridized carbons (Fsp3) is 0.333. The van der Waals surface area contributed by atoms with Gasteiger partial charge in [-0.25, -0.2) is 4.79 Å². The zero-order chi connectivity index (χ0) is 14.5. The molecule has 1 heterocycles. The maximum atomic E-state index is 11.7. The van der Waals surface area contributed by atoms with E-state index in [-0.39, 0.29) is 5.91 Å². The monoisotopic (exact) mass is 274 g/mol. The lowest BCUT2D eigenvalue weighted by Crippen LogP contribution is -2.40. The van der Waals surface area contributed by atoms with E-state index in [1.165, 1.54) is 0 Å². The molecule has 0 fully saturated rings. The van der Waals surface area contributed by atoms with Crippen molar-refractivity contribution < 1.29 is 14.7 Å². The van der Waals surface area contributed by atoms with Gasteiger partial charge in [-0.05, 0) is 29.7 Å². The van der Waals surface area contributed by atoms with Crippen LogP contribution in [0.2, 0.25) is 0 Å². The summed E-state index contributed by atoms with van der Waals surface area (Å²) in [6.07, 6.45) is 2.48. The molecular formula is C15H18N2O3. The van der Waals surface area contributed by atoms with Crippen LogP contribution in [-0.2, 0) is 17.8 Å². The summed E-state index contributed by atoms with van der Waals surface area (Å²) in [7, 11) is 0.